The van der Waals surface area contributed by atoms with Crippen molar-refractivity contribution in [3.05, 3.63) is 28.5 Å². The van der Waals surface area contributed by atoms with E-state index >= 15 is 0 Å². The number of nitrogens with one attached hydrogen (secondary N) is 1. The van der Waals surface area contributed by atoms with E-state index in [4.69, 9.17) is 4.74 Å². The van der Waals surface area contributed by atoms with Gasteiger partial charge in [0.15, 0.2) is 0 Å². The average Bonchev–Trinajstić information content (AvgIpc) is 2.24. The highest BCUT2D eigenvalue weighted by molar-refractivity contribution is 9.10. The van der Waals surface area contributed by atoms with Crippen molar-refractivity contribution in [2.24, 2.45) is 0 Å². The molecule has 4 nitrogen and oxygen atoms in total. The van der Waals surface area contributed by atoms with Crippen LogP contribution in [0.1, 0.15) is 26.3 Å². The van der Waals surface area contributed by atoms with Gasteiger partial charge in [0, 0.05) is 11.8 Å². The van der Waals surface area contributed by atoms with Gasteiger partial charge in [-0.3, -0.25) is 0 Å². The van der Waals surface area contributed by atoms with Crippen LogP contribution in [0.5, 0.6) is 0 Å². The highest BCUT2D eigenvalue weighted by atomic mass is 79.9. The smallest absolute Gasteiger partial charge is 0.408 e. The highest BCUT2D eigenvalue weighted by Gasteiger charge is 2.14. The summed E-state index contributed by atoms with van der Waals surface area (Å²) in [6.45, 7) is 5.67. The first-order valence-electron chi connectivity index (χ1n) is 5.44. The number of alkyl carbamates (subject to hydrolysis) is 1. The van der Waals surface area contributed by atoms with Gasteiger partial charge in [0.2, 0.25) is 0 Å². The Morgan fingerprint density at radius 1 is 1.50 bits per heavy atom. The van der Waals surface area contributed by atoms with E-state index < -0.39 is 11.7 Å². The lowest BCUT2D eigenvalue weighted by Gasteiger charge is -2.18. The molecule has 0 atom stereocenters. The van der Waals surface area contributed by atoms with E-state index in [1.54, 1.807) is 6.20 Å². The minimum Gasteiger partial charge on any atom is -0.444 e. The molecule has 0 bridgehead atoms. The number of pyridine rings is 1. The number of halogens is 1. The lowest BCUT2D eigenvalue weighted by Crippen LogP contribution is -2.32. The summed E-state index contributed by atoms with van der Waals surface area (Å²) in [5.41, 5.74) is 0.303. The van der Waals surface area contributed by atoms with Crippen molar-refractivity contribution < 1.29 is 9.53 Å². The lowest BCUT2D eigenvalue weighted by molar-refractivity contribution is 0.0535. The van der Waals surface area contributed by atoms with Gasteiger partial charge in [-0.05, 0) is 48.8 Å². The van der Waals surface area contributed by atoms with E-state index in [0.29, 0.717) is 0 Å². The molecule has 0 unspecified atom stereocenters. The van der Waals surface area contributed by atoms with Crippen LogP contribution in [-0.2, 0) is 4.74 Å². The fourth-order valence-corrected chi connectivity index (χ4v) is 1.26. The third kappa shape index (κ3) is 6.26. The van der Waals surface area contributed by atoms with Crippen molar-refractivity contribution in [2.45, 2.75) is 26.4 Å². The molecular weight excluding hydrogens is 296 g/mol. The topological polar surface area (TPSA) is 51.2 Å². The Bertz CT molecular complexity index is 466. The molecule has 1 rings (SSSR count). The SMILES string of the molecule is CC(C)(C)OC(=O)NCC#Cc1ccc(Br)nc1. The number of nitrogens with zero attached hydrogens (tertiary/aromatic N) is 1. The van der Waals surface area contributed by atoms with Gasteiger partial charge >= 0.3 is 6.09 Å². The maximum absolute atomic E-state index is 11.3. The molecule has 0 aliphatic heterocycles. The third-order valence-corrected chi connectivity index (χ3v) is 2.15. The molecule has 1 amide bonds. The van der Waals surface area contributed by atoms with Crippen LogP contribution in [0.2, 0.25) is 0 Å². The van der Waals surface area contributed by atoms with E-state index in [-0.39, 0.29) is 6.54 Å². The number of carbonyl (C=O) groups is 1. The molecule has 1 aromatic rings. The standard InChI is InChI=1S/C13H15BrN2O2/c1-13(2,3)18-12(17)15-8-4-5-10-6-7-11(14)16-9-10/h6-7,9H,8H2,1-3H3,(H,15,17). The fraction of sp³-hybridized carbons (Fsp3) is 0.385. The van der Waals surface area contributed by atoms with Crippen molar-refractivity contribution in [3.8, 4) is 11.8 Å². The summed E-state index contributed by atoms with van der Waals surface area (Å²) >= 11 is 3.24. The molecule has 0 fully saturated rings. The van der Waals surface area contributed by atoms with Crippen LogP contribution in [0.4, 0.5) is 4.79 Å². The number of ether oxygens (including phenoxy) is 1. The van der Waals surface area contributed by atoms with Gasteiger partial charge in [0.05, 0.1) is 6.54 Å². The second-order valence-electron chi connectivity index (χ2n) is 4.53. The summed E-state index contributed by atoms with van der Waals surface area (Å²) in [6.07, 6.45) is 1.19. The lowest BCUT2D eigenvalue weighted by atomic mass is 10.2. The molecule has 0 aromatic carbocycles. The maximum atomic E-state index is 11.3. The quantitative estimate of drug-likeness (QED) is 0.641. The zero-order chi connectivity index (χ0) is 13.6. The largest absolute Gasteiger partial charge is 0.444 e. The van der Waals surface area contributed by atoms with Crippen LogP contribution in [0, 0.1) is 11.8 Å². The van der Waals surface area contributed by atoms with Gasteiger partial charge in [-0.25, -0.2) is 9.78 Å². The van der Waals surface area contributed by atoms with Crippen molar-refractivity contribution >= 4 is 22.0 Å². The van der Waals surface area contributed by atoms with E-state index in [2.05, 4.69) is 38.1 Å². The van der Waals surface area contributed by atoms with Gasteiger partial charge in [-0.1, -0.05) is 11.8 Å². The van der Waals surface area contributed by atoms with E-state index in [1.807, 2.05) is 32.9 Å². The number of hydrogen-bond donors (Lipinski definition) is 1. The Labute approximate surface area is 115 Å². The van der Waals surface area contributed by atoms with Crippen LogP contribution in [0.25, 0.3) is 0 Å². The first-order valence-corrected chi connectivity index (χ1v) is 6.23. The summed E-state index contributed by atoms with van der Waals surface area (Å²) in [6, 6.07) is 3.66. The monoisotopic (exact) mass is 310 g/mol. The Balaban J connectivity index is 2.38. The minimum atomic E-state index is -0.493. The van der Waals surface area contributed by atoms with Crippen LogP contribution in [-0.4, -0.2) is 23.2 Å². The molecule has 0 aliphatic rings. The molecule has 96 valence electrons. The van der Waals surface area contributed by atoms with Crippen molar-refractivity contribution in [3.63, 3.8) is 0 Å². The normalized spacial score (nSPS) is 10.2. The highest BCUT2D eigenvalue weighted by Crippen LogP contribution is 2.06. The molecule has 18 heavy (non-hydrogen) atoms. The first kappa shape index (κ1) is 14.5. The maximum Gasteiger partial charge on any atom is 0.408 e. The summed E-state index contributed by atoms with van der Waals surface area (Å²) < 4.78 is 5.83. The van der Waals surface area contributed by atoms with E-state index in [0.717, 1.165) is 10.2 Å². The van der Waals surface area contributed by atoms with Crippen LogP contribution < -0.4 is 5.32 Å². The summed E-state index contributed by atoms with van der Waals surface area (Å²) in [5.74, 6) is 5.71. The summed E-state index contributed by atoms with van der Waals surface area (Å²) in [4.78, 5) is 15.3. The van der Waals surface area contributed by atoms with Crippen LogP contribution in [0.15, 0.2) is 22.9 Å². The Kier molecular flexibility index (Phi) is 5.17. The molecule has 0 saturated heterocycles. The Morgan fingerprint density at radius 3 is 2.78 bits per heavy atom. The number of carbonyl (C=O) groups excluding carboxylic acids is 1. The molecule has 0 saturated carbocycles. The van der Waals surface area contributed by atoms with E-state index in [1.165, 1.54) is 0 Å². The molecule has 1 N–H and O–H groups in total. The summed E-state index contributed by atoms with van der Waals surface area (Å²) in [5, 5.41) is 2.56. The molecule has 0 spiro atoms. The zero-order valence-electron chi connectivity index (χ0n) is 10.6. The average molecular weight is 311 g/mol. The van der Waals surface area contributed by atoms with Crippen LogP contribution in [0.3, 0.4) is 0 Å². The second kappa shape index (κ2) is 6.41. The number of rotatable bonds is 1. The summed E-state index contributed by atoms with van der Waals surface area (Å²) in [7, 11) is 0. The van der Waals surface area contributed by atoms with E-state index in [9.17, 15) is 4.79 Å². The molecule has 0 aliphatic carbocycles. The van der Waals surface area contributed by atoms with Gasteiger partial charge < -0.3 is 10.1 Å². The van der Waals surface area contributed by atoms with Crippen molar-refractivity contribution in [1.82, 2.24) is 10.3 Å². The van der Waals surface area contributed by atoms with Gasteiger partial charge in [-0.2, -0.15) is 0 Å². The number of aromatic nitrogens is 1. The van der Waals surface area contributed by atoms with Crippen molar-refractivity contribution in [2.75, 3.05) is 6.54 Å². The third-order valence-electron chi connectivity index (χ3n) is 1.68. The minimum absolute atomic E-state index is 0.241. The molecule has 5 heteroatoms. The first-order chi connectivity index (χ1) is 8.37. The number of hydrogen-bond acceptors (Lipinski definition) is 3. The predicted molar refractivity (Wildman–Crippen MR) is 73.1 cm³/mol. The van der Waals surface area contributed by atoms with Gasteiger partial charge in [0.25, 0.3) is 0 Å². The Morgan fingerprint density at radius 2 is 2.22 bits per heavy atom. The zero-order valence-corrected chi connectivity index (χ0v) is 12.2. The number of amides is 1. The van der Waals surface area contributed by atoms with Gasteiger partial charge in [-0.15, -0.1) is 0 Å². The molecular formula is C13H15BrN2O2. The molecule has 0 radical (unpaired) electrons. The molecule has 1 heterocycles. The Hall–Kier alpha value is -1.54. The molecule has 1 aromatic heterocycles. The fourth-order valence-electron chi connectivity index (χ4n) is 1.03. The van der Waals surface area contributed by atoms with Crippen molar-refractivity contribution in [1.29, 1.82) is 0 Å². The van der Waals surface area contributed by atoms with Gasteiger partial charge in [0.1, 0.15) is 10.2 Å². The predicted octanol–water partition coefficient (Wildman–Crippen LogP) is 2.72. The van der Waals surface area contributed by atoms with Crippen LogP contribution >= 0.6 is 15.9 Å². The second-order valence-corrected chi connectivity index (χ2v) is 5.34.